The molecule has 0 aromatic heterocycles. The van der Waals surface area contributed by atoms with Gasteiger partial charge >= 0.3 is 13.1 Å². The van der Waals surface area contributed by atoms with Gasteiger partial charge < -0.3 is 31.3 Å². The van der Waals surface area contributed by atoms with E-state index in [2.05, 4.69) is 5.32 Å². The molecule has 0 radical (unpaired) electrons. The summed E-state index contributed by atoms with van der Waals surface area (Å²) in [6.07, 6.45) is -0.156. The summed E-state index contributed by atoms with van der Waals surface area (Å²) in [5, 5.41) is 39.3. The Labute approximate surface area is 115 Å². The van der Waals surface area contributed by atoms with E-state index >= 15 is 0 Å². The van der Waals surface area contributed by atoms with Crippen LogP contribution in [0.3, 0.4) is 0 Å². The second-order valence-corrected chi connectivity index (χ2v) is 4.11. The van der Waals surface area contributed by atoms with Gasteiger partial charge in [0.2, 0.25) is 5.91 Å². The van der Waals surface area contributed by atoms with Crippen LogP contribution in [0.1, 0.15) is 15.9 Å². The Bertz CT molecular complexity index is 508. The molecule has 108 valence electrons. The van der Waals surface area contributed by atoms with Gasteiger partial charge in [0.25, 0.3) is 0 Å². The number of carbonyl (C=O) groups excluding carboxylic acids is 1. The molecule has 1 aromatic rings. The molecule has 20 heavy (non-hydrogen) atoms. The van der Waals surface area contributed by atoms with Crippen molar-refractivity contribution in [3.63, 3.8) is 0 Å². The summed E-state index contributed by atoms with van der Waals surface area (Å²) in [4.78, 5) is 22.0. The summed E-state index contributed by atoms with van der Waals surface area (Å²) in [7, 11) is -1.88. The van der Waals surface area contributed by atoms with Crippen molar-refractivity contribution < 1.29 is 29.9 Å². The lowest BCUT2D eigenvalue weighted by atomic mass is 9.75. The van der Waals surface area contributed by atoms with Crippen LogP contribution in [0, 0.1) is 0 Å². The predicted octanol–water partition coefficient (Wildman–Crippen LogP) is -1.91. The van der Waals surface area contributed by atoms with E-state index in [1.807, 2.05) is 0 Å². The van der Waals surface area contributed by atoms with Crippen LogP contribution in [0.5, 0.6) is 5.75 Å². The fraction of sp³-hybridized carbons (Fsp3) is 0.273. The molecule has 0 spiro atoms. The standard InChI is InChI=1S/C11H15BN2O6/c13-5-9(15)14-8(12(19)20)4-6-2-1-3-7(10(6)16)11(17)18/h1-3,8,16,19-20H,4-5,13H2,(H,14,15)(H,17,18)/t8-/m0/s1. The maximum atomic E-state index is 11.2. The molecule has 0 aliphatic carbocycles. The van der Waals surface area contributed by atoms with Crippen molar-refractivity contribution in [1.29, 1.82) is 0 Å². The molecule has 0 bridgehead atoms. The van der Waals surface area contributed by atoms with Crippen molar-refractivity contribution >= 4 is 19.0 Å². The van der Waals surface area contributed by atoms with E-state index in [-0.39, 0.29) is 24.1 Å². The van der Waals surface area contributed by atoms with E-state index in [9.17, 15) is 24.7 Å². The van der Waals surface area contributed by atoms with Crippen LogP contribution in [0.4, 0.5) is 0 Å². The van der Waals surface area contributed by atoms with Crippen molar-refractivity contribution in [3.8, 4) is 5.75 Å². The van der Waals surface area contributed by atoms with E-state index in [0.29, 0.717) is 0 Å². The zero-order chi connectivity index (χ0) is 15.3. The largest absolute Gasteiger partial charge is 0.507 e. The highest BCUT2D eigenvalue weighted by Crippen LogP contribution is 2.23. The molecule has 0 saturated carbocycles. The summed E-state index contributed by atoms with van der Waals surface area (Å²) in [6.45, 7) is -0.329. The number of amides is 1. The second-order valence-electron chi connectivity index (χ2n) is 4.11. The number of nitrogens with one attached hydrogen (secondary N) is 1. The topological polar surface area (TPSA) is 153 Å². The third-order valence-corrected chi connectivity index (χ3v) is 2.68. The lowest BCUT2D eigenvalue weighted by Gasteiger charge is -2.18. The molecule has 8 nitrogen and oxygen atoms in total. The molecule has 0 heterocycles. The average molecular weight is 282 g/mol. The van der Waals surface area contributed by atoms with Crippen LogP contribution in [0.2, 0.25) is 0 Å². The molecule has 0 saturated heterocycles. The van der Waals surface area contributed by atoms with Crippen LogP contribution < -0.4 is 11.1 Å². The molecular formula is C11H15BN2O6. The fourth-order valence-electron chi connectivity index (χ4n) is 1.66. The van der Waals surface area contributed by atoms with Gasteiger partial charge in [0.1, 0.15) is 11.3 Å². The van der Waals surface area contributed by atoms with Gasteiger partial charge in [0.05, 0.1) is 12.5 Å². The summed E-state index contributed by atoms with van der Waals surface area (Å²) < 4.78 is 0. The van der Waals surface area contributed by atoms with Gasteiger partial charge in [0, 0.05) is 0 Å². The van der Waals surface area contributed by atoms with E-state index in [0.717, 1.165) is 0 Å². The highest BCUT2D eigenvalue weighted by Gasteiger charge is 2.27. The van der Waals surface area contributed by atoms with Crippen LogP contribution >= 0.6 is 0 Å². The molecule has 1 atom stereocenters. The number of carboxylic acids is 1. The first kappa shape index (κ1) is 16.0. The predicted molar refractivity (Wildman–Crippen MR) is 69.9 cm³/mol. The van der Waals surface area contributed by atoms with Gasteiger partial charge in [-0.05, 0) is 18.1 Å². The summed E-state index contributed by atoms with van der Waals surface area (Å²) >= 11 is 0. The van der Waals surface area contributed by atoms with Crippen molar-refractivity contribution in [2.45, 2.75) is 12.4 Å². The Morgan fingerprint density at radius 3 is 2.50 bits per heavy atom. The van der Waals surface area contributed by atoms with Crippen molar-refractivity contribution in [2.24, 2.45) is 5.73 Å². The molecule has 0 fully saturated rings. The number of aromatic hydroxyl groups is 1. The van der Waals surface area contributed by atoms with Gasteiger partial charge in [-0.2, -0.15) is 0 Å². The normalized spacial score (nSPS) is 11.8. The van der Waals surface area contributed by atoms with Crippen LogP contribution in [-0.2, 0) is 11.2 Å². The number of hydrogen-bond donors (Lipinski definition) is 6. The van der Waals surface area contributed by atoms with Gasteiger partial charge in [-0.1, -0.05) is 12.1 Å². The molecule has 0 aliphatic rings. The second kappa shape index (κ2) is 6.89. The van der Waals surface area contributed by atoms with E-state index in [4.69, 9.17) is 10.8 Å². The first-order valence-electron chi connectivity index (χ1n) is 5.76. The minimum absolute atomic E-state index is 0.156. The number of phenols is 1. The monoisotopic (exact) mass is 282 g/mol. The minimum Gasteiger partial charge on any atom is -0.507 e. The van der Waals surface area contributed by atoms with E-state index in [1.54, 1.807) is 0 Å². The Hall–Kier alpha value is -2.10. The molecule has 0 aliphatic heterocycles. The van der Waals surface area contributed by atoms with Crippen LogP contribution in [0.15, 0.2) is 18.2 Å². The number of para-hydroxylation sites is 1. The zero-order valence-corrected chi connectivity index (χ0v) is 10.5. The third-order valence-electron chi connectivity index (χ3n) is 2.68. The number of hydrogen-bond acceptors (Lipinski definition) is 6. The van der Waals surface area contributed by atoms with Gasteiger partial charge in [0.15, 0.2) is 0 Å². The molecule has 0 unspecified atom stereocenters. The number of benzene rings is 1. The molecule has 1 rings (SSSR count). The number of aromatic carboxylic acids is 1. The first-order valence-corrected chi connectivity index (χ1v) is 5.76. The lowest BCUT2D eigenvalue weighted by molar-refractivity contribution is -0.120. The van der Waals surface area contributed by atoms with Crippen LogP contribution in [-0.4, -0.2) is 51.7 Å². The Morgan fingerprint density at radius 2 is 2.00 bits per heavy atom. The zero-order valence-electron chi connectivity index (χ0n) is 10.5. The number of rotatable bonds is 6. The van der Waals surface area contributed by atoms with Gasteiger partial charge in [-0.15, -0.1) is 0 Å². The molecule has 9 heteroatoms. The highest BCUT2D eigenvalue weighted by atomic mass is 16.4. The maximum absolute atomic E-state index is 11.2. The summed E-state index contributed by atoms with van der Waals surface area (Å²) in [5.41, 5.74) is 4.97. The molecular weight excluding hydrogens is 267 g/mol. The maximum Gasteiger partial charge on any atom is 0.475 e. The van der Waals surface area contributed by atoms with Gasteiger partial charge in [-0.25, -0.2) is 4.79 Å². The number of nitrogens with two attached hydrogens (primary N) is 1. The number of carboxylic acid groups (broad SMARTS) is 1. The lowest BCUT2D eigenvalue weighted by Crippen LogP contribution is -2.49. The van der Waals surface area contributed by atoms with Gasteiger partial charge in [-0.3, -0.25) is 4.79 Å². The quantitative estimate of drug-likeness (QED) is 0.333. The smallest absolute Gasteiger partial charge is 0.475 e. The van der Waals surface area contributed by atoms with E-state index < -0.39 is 30.7 Å². The summed E-state index contributed by atoms with van der Waals surface area (Å²) in [6, 6.07) is 4.04. The fourth-order valence-corrected chi connectivity index (χ4v) is 1.66. The molecule has 1 amide bonds. The highest BCUT2D eigenvalue weighted by molar-refractivity contribution is 6.43. The SMILES string of the molecule is NCC(=O)N[C@@H](Cc1cccc(C(=O)O)c1O)B(O)O. The molecule has 1 aromatic carbocycles. The number of carbonyl (C=O) groups is 2. The Balaban J connectivity index is 2.97. The van der Waals surface area contributed by atoms with Crippen molar-refractivity contribution in [2.75, 3.05) is 6.54 Å². The van der Waals surface area contributed by atoms with Crippen molar-refractivity contribution in [3.05, 3.63) is 29.3 Å². The third kappa shape index (κ3) is 3.95. The van der Waals surface area contributed by atoms with Crippen molar-refractivity contribution in [1.82, 2.24) is 5.32 Å². The minimum atomic E-state index is -1.88. The molecule has 7 N–H and O–H groups in total. The first-order chi connectivity index (χ1) is 9.36. The van der Waals surface area contributed by atoms with E-state index in [1.165, 1.54) is 18.2 Å². The average Bonchev–Trinajstić information content (AvgIpc) is 2.39. The Morgan fingerprint density at radius 1 is 1.35 bits per heavy atom. The van der Waals surface area contributed by atoms with Crippen LogP contribution in [0.25, 0.3) is 0 Å². The summed E-state index contributed by atoms with van der Waals surface area (Å²) in [5.74, 6) is -3.50. The Kier molecular flexibility index (Phi) is 5.50.